The zero-order chi connectivity index (χ0) is 19.6. The van der Waals surface area contributed by atoms with Crippen molar-refractivity contribution in [1.82, 2.24) is 9.78 Å². The average Bonchev–Trinajstić information content (AvgIpc) is 3.44. The lowest BCUT2D eigenvalue weighted by molar-refractivity contribution is 0.101. The van der Waals surface area contributed by atoms with E-state index >= 15 is 0 Å². The molecule has 0 saturated heterocycles. The van der Waals surface area contributed by atoms with E-state index in [2.05, 4.69) is 10.4 Å². The van der Waals surface area contributed by atoms with Crippen molar-refractivity contribution < 1.29 is 14.3 Å². The Labute approximate surface area is 171 Å². The van der Waals surface area contributed by atoms with E-state index in [-0.39, 0.29) is 5.91 Å². The second-order valence-electron chi connectivity index (χ2n) is 6.45. The monoisotopic (exact) mass is 403 g/mol. The molecule has 4 aromatic rings. The summed E-state index contributed by atoms with van der Waals surface area (Å²) < 4.78 is 12.8. The molecule has 5 rings (SSSR count). The van der Waals surface area contributed by atoms with Gasteiger partial charge in [-0.25, -0.2) is 4.68 Å². The minimum absolute atomic E-state index is 0.249. The minimum atomic E-state index is -0.249. The zero-order valence-electron chi connectivity index (χ0n) is 15.4. The maximum absolute atomic E-state index is 13.1. The first-order valence-corrected chi connectivity index (χ1v) is 10.1. The van der Waals surface area contributed by atoms with Gasteiger partial charge in [0.1, 0.15) is 24.6 Å². The van der Waals surface area contributed by atoms with E-state index in [1.807, 2.05) is 53.9 Å². The van der Waals surface area contributed by atoms with Gasteiger partial charge in [0.15, 0.2) is 11.5 Å². The van der Waals surface area contributed by atoms with Gasteiger partial charge in [-0.1, -0.05) is 24.3 Å². The van der Waals surface area contributed by atoms with Crippen molar-refractivity contribution in [2.24, 2.45) is 0 Å². The summed E-state index contributed by atoms with van der Waals surface area (Å²) >= 11 is 1.59. The first kappa shape index (κ1) is 17.5. The maximum atomic E-state index is 13.1. The number of anilines is 1. The summed E-state index contributed by atoms with van der Waals surface area (Å²) in [4.78, 5) is 14.1. The van der Waals surface area contributed by atoms with Gasteiger partial charge in [-0.05, 0) is 41.8 Å². The fourth-order valence-corrected chi connectivity index (χ4v) is 3.85. The van der Waals surface area contributed by atoms with E-state index < -0.39 is 0 Å². The highest BCUT2D eigenvalue weighted by Gasteiger charge is 2.19. The average molecular weight is 403 g/mol. The van der Waals surface area contributed by atoms with E-state index in [1.165, 1.54) is 0 Å². The molecular formula is C22H17N3O3S. The summed E-state index contributed by atoms with van der Waals surface area (Å²) in [6, 6.07) is 20.8. The third-order valence-corrected chi connectivity index (χ3v) is 5.41. The van der Waals surface area contributed by atoms with Crippen LogP contribution in [-0.4, -0.2) is 28.9 Å². The number of rotatable bonds is 4. The molecule has 144 valence electrons. The number of nitrogens with one attached hydrogen (secondary N) is 1. The Hall–Kier alpha value is -3.58. The smallest absolute Gasteiger partial charge is 0.274 e. The van der Waals surface area contributed by atoms with Crippen molar-refractivity contribution in [3.63, 3.8) is 0 Å². The third kappa shape index (κ3) is 3.48. The number of para-hydroxylation sites is 1. The Morgan fingerprint density at radius 3 is 2.59 bits per heavy atom. The molecule has 0 radical (unpaired) electrons. The van der Waals surface area contributed by atoms with E-state index in [9.17, 15) is 4.79 Å². The Kier molecular flexibility index (Phi) is 4.50. The zero-order valence-corrected chi connectivity index (χ0v) is 16.2. The van der Waals surface area contributed by atoms with Crippen LogP contribution >= 0.6 is 11.3 Å². The lowest BCUT2D eigenvalue weighted by Crippen LogP contribution is -2.18. The van der Waals surface area contributed by atoms with Crippen LogP contribution in [0.1, 0.15) is 10.5 Å². The maximum Gasteiger partial charge on any atom is 0.274 e. The molecule has 2 aromatic carbocycles. The molecule has 3 heterocycles. The topological polar surface area (TPSA) is 65.4 Å². The second kappa shape index (κ2) is 7.44. The van der Waals surface area contributed by atoms with E-state index in [4.69, 9.17) is 9.47 Å². The number of hydrogen-bond acceptors (Lipinski definition) is 5. The number of benzene rings is 2. The van der Waals surface area contributed by atoms with Gasteiger partial charge in [0.2, 0.25) is 0 Å². The molecule has 29 heavy (non-hydrogen) atoms. The van der Waals surface area contributed by atoms with Crippen LogP contribution in [0.25, 0.3) is 16.3 Å². The number of thiophene rings is 1. The number of fused-ring (bicyclic) bond motifs is 1. The van der Waals surface area contributed by atoms with Gasteiger partial charge in [-0.2, -0.15) is 5.10 Å². The summed E-state index contributed by atoms with van der Waals surface area (Å²) in [6.07, 6.45) is 0. The first-order valence-electron chi connectivity index (χ1n) is 9.18. The van der Waals surface area contributed by atoms with E-state index in [0.29, 0.717) is 36.1 Å². The summed E-state index contributed by atoms with van der Waals surface area (Å²) in [5.41, 5.74) is 2.67. The highest BCUT2D eigenvalue weighted by atomic mass is 32.1. The predicted molar refractivity (Wildman–Crippen MR) is 112 cm³/mol. The molecule has 2 aromatic heterocycles. The highest BCUT2D eigenvalue weighted by Crippen LogP contribution is 2.33. The molecular weight excluding hydrogens is 386 g/mol. The summed E-state index contributed by atoms with van der Waals surface area (Å²) in [5.74, 6) is 1.06. The van der Waals surface area contributed by atoms with Crippen LogP contribution < -0.4 is 14.8 Å². The quantitative estimate of drug-likeness (QED) is 0.540. The van der Waals surface area contributed by atoms with Crippen LogP contribution in [0.15, 0.2) is 72.1 Å². The number of hydrogen-bond donors (Lipinski definition) is 1. The number of nitrogens with zero attached hydrogens (tertiary/aromatic N) is 2. The van der Waals surface area contributed by atoms with Gasteiger partial charge in [0.25, 0.3) is 5.91 Å². The van der Waals surface area contributed by atoms with E-state index in [0.717, 1.165) is 16.3 Å². The van der Waals surface area contributed by atoms with Crippen molar-refractivity contribution in [1.29, 1.82) is 0 Å². The highest BCUT2D eigenvalue weighted by molar-refractivity contribution is 7.13. The molecule has 7 heteroatoms. The number of amides is 1. The summed E-state index contributed by atoms with van der Waals surface area (Å²) in [5, 5.41) is 9.61. The van der Waals surface area contributed by atoms with Gasteiger partial charge in [-0.15, -0.1) is 11.3 Å². The fraction of sp³-hybridized carbons (Fsp3) is 0.0909. The molecule has 1 amide bonds. The molecule has 1 aliphatic rings. The molecule has 0 fully saturated rings. The Bertz CT molecular complexity index is 1150. The fourth-order valence-electron chi connectivity index (χ4n) is 3.17. The molecule has 0 saturated carbocycles. The Balaban J connectivity index is 1.50. The van der Waals surface area contributed by atoms with Crippen molar-refractivity contribution in [3.8, 4) is 27.8 Å². The molecule has 0 atom stereocenters. The van der Waals surface area contributed by atoms with Crippen molar-refractivity contribution >= 4 is 22.9 Å². The van der Waals surface area contributed by atoms with Crippen molar-refractivity contribution in [2.45, 2.75) is 0 Å². The van der Waals surface area contributed by atoms with Gasteiger partial charge in [-0.3, -0.25) is 4.79 Å². The van der Waals surface area contributed by atoms with Gasteiger partial charge < -0.3 is 14.8 Å². The van der Waals surface area contributed by atoms with Crippen LogP contribution in [-0.2, 0) is 0 Å². The molecule has 1 N–H and O–H groups in total. The van der Waals surface area contributed by atoms with E-state index in [1.54, 1.807) is 34.2 Å². The molecule has 6 nitrogen and oxygen atoms in total. The normalized spacial score (nSPS) is 12.6. The SMILES string of the molecule is O=C(Nc1ccc2c(c1)OCCO2)c1cc(-c2cccs2)nn1-c1ccccc1. The van der Waals surface area contributed by atoms with Crippen LogP contribution in [0.2, 0.25) is 0 Å². The Morgan fingerprint density at radius 2 is 1.79 bits per heavy atom. The molecule has 0 spiro atoms. The summed E-state index contributed by atoms with van der Waals surface area (Å²) in [7, 11) is 0. The van der Waals surface area contributed by atoms with Crippen LogP contribution in [0.4, 0.5) is 5.69 Å². The minimum Gasteiger partial charge on any atom is -0.486 e. The van der Waals surface area contributed by atoms with Crippen molar-refractivity contribution in [3.05, 3.63) is 77.8 Å². The van der Waals surface area contributed by atoms with Gasteiger partial charge >= 0.3 is 0 Å². The lowest BCUT2D eigenvalue weighted by atomic mass is 10.2. The second-order valence-corrected chi connectivity index (χ2v) is 7.40. The standard InChI is InChI=1S/C22H17N3O3S/c26-22(23-15-8-9-19-20(13-15)28-11-10-27-19)18-14-17(21-7-4-12-29-21)24-25(18)16-5-2-1-3-6-16/h1-9,12-14H,10-11H2,(H,23,26). The van der Waals surface area contributed by atoms with Crippen LogP contribution in [0.5, 0.6) is 11.5 Å². The van der Waals surface area contributed by atoms with Gasteiger partial charge in [0.05, 0.1) is 10.6 Å². The van der Waals surface area contributed by atoms with Gasteiger partial charge in [0, 0.05) is 11.8 Å². The Morgan fingerprint density at radius 1 is 0.966 bits per heavy atom. The predicted octanol–water partition coefficient (Wildman–Crippen LogP) is 4.62. The van der Waals surface area contributed by atoms with Crippen LogP contribution in [0.3, 0.4) is 0 Å². The number of ether oxygens (including phenoxy) is 2. The lowest BCUT2D eigenvalue weighted by Gasteiger charge is -2.19. The molecule has 0 unspecified atom stereocenters. The number of carbonyl (C=O) groups excluding carboxylic acids is 1. The largest absolute Gasteiger partial charge is 0.486 e. The molecule has 1 aliphatic heterocycles. The molecule has 0 bridgehead atoms. The third-order valence-electron chi connectivity index (χ3n) is 4.52. The number of carbonyl (C=O) groups is 1. The number of aromatic nitrogens is 2. The summed E-state index contributed by atoms with van der Waals surface area (Å²) in [6.45, 7) is 1.02. The van der Waals surface area contributed by atoms with Crippen LogP contribution in [0, 0.1) is 0 Å². The first-order chi connectivity index (χ1) is 14.3. The van der Waals surface area contributed by atoms with Crippen molar-refractivity contribution in [2.75, 3.05) is 18.5 Å². The molecule has 0 aliphatic carbocycles.